The molecule has 1 aliphatic carbocycles. The number of hydrogen-bond acceptors (Lipinski definition) is 5. The van der Waals surface area contributed by atoms with Gasteiger partial charge in [-0.25, -0.2) is 4.98 Å². The summed E-state index contributed by atoms with van der Waals surface area (Å²) in [5.41, 5.74) is 2.16. The van der Waals surface area contributed by atoms with Crippen LogP contribution in [0.2, 0.25) is 5.02 Å². The van der Waals surface area contributed by atoms with E-state index in [9.17, 15) is 9.59 Å². The van der Waals surface area contributed by atoms with E-state index < -0.39 is 0 Å². The summed E-state index contributed by atoms with van der Waals surface area (Å²) in [4.78, 5) is 30.2. The van der Waals surface area contributed by atoms with Crippen LogP contribution in [0.5, 0.6) is 5.75 Å². The summed E-state index contributed by atoms with van der Waals surface area (Å²) >= 11 is 7.69. The summed E-state index contributed by atoms with van der Waals surface area (Å²) in [6.07, 6.45) is 5.42. The van der Waals surface area contributed by atoms with Gasteiger partial charge in [-0.05, 0) is 63.1 Å². The van der Waals surface area contributed by atoms with Gasteiger partial charge in [-0.1, -0.05) is 42.6 Å². The number of carbonyl (C=O) groups is 1. The van der Waals surface area contributed by atoms with Gasteiger partial charge in [0.25, 0.3) is 5.56 Å². The second kappa shape index (κ2) is 10.1. The van der Waals surface area contributed by atoms with E-state index in [1.165, 1.54) is 18.2 Å². The molecule has 1 fully saturated rings. The SMILES string of the molecule is CCOc1ccc(C(C)=O)cc1CSc1nc2cc(Cl)ccc2c(=O)n1C1CCCCC1. The van der Waals surface area contributed by atoms with Crippen molar-refractivity contribution >= 4 is 40.0 Å². The molecule has 0 bridgehead atoms. The highest BCUT2D eigenvalue weighted by atomic mass is 35.5. The first kappa shape index (κ1) is 22.9. The molecule has 1 aliphatic rings. The molecule has 5 nitrogen and oxygen atoms in total. The van der Waals surface area contributed by atoms with Gasteiger partial charge >= 0.3 is 0 Å². The highest BCUT2D eigenvalue weighted by Gasteiger charge is 2.22. The summed E-state index contributed by atoms with van der Waals surface area (Å²) in [5, 5.41) is 1.84. The molecule has 0 amide bonds. The normalized spacial score (nSPS) is 14.6. The Morgan fingerprint density at radius 3 is 2.69 bits per heavy atom. The molecule has 4 rings (SSSR count). The second-order valence-corrected chi connectivity index (χ2v) is 9.50. The molecule has 168 valence electrons. The molecule has 32 heavy (non-hydrogen) atoms. The van der Waals surface area contributed by atoms with Crippen molar-refractivity contribution in [1.82, 2.24) is 9.55 Å². The van der Waals surface area contributed by atoms with Crippen LogP contribution in [0.3, 0.4) is 0 Å². The lowest BCUT2D eigenvalue weighted by atomic mass is 9.95. The van der Waals surface area contributed by atoms with Crippen molar-refractivity contribution in [2.24, 2.45) is 0 Å². The Balaban J connectivity index is 1.76. The predicted molar refractivity (Wildman–Crippen MR) is 130 cm³/mol. The van der Waals surface area contributed by atoms with Crippen LogP contribution in [0.15, 0.2) is 46.3 Å². The molecule has 0 radical (unpaired) electrons. The maximum absolute atomic E-state index is 13.5. The Hall–Kier alpha value is -2.31. The number of fused-ring (bicyclic) bond motifs is 1. The number of rotatable bonds is 7. The van der Waals surface area contributed by atoms with Crippen molar-refractivity contribution in [3.8, 4) is 5.75 Å². The highest BCUT2D eigenvalue weighted by Crippen LogP contribution is 2.34. The fourth-order valence-corrected chi connectivity index (χ4v) is 5.48. The Kier molecular flexibility index (Phi) is 7.21. The largest absolute Gasteiger partial charge is 0.494 e. The Morgan fingerprint density at radius 1 is 1.19 bits per heavy atom. The van der Waals surface area contributed by atoms with Crippen LogP contribution in [-0.4, -0.2) is 21.9 Å². The van der Waals surface area contributed by atoms with E-state index in [0.29, 0.717) is 39.0 Å². The van der Waals surface area contributed by atoms with Crippen molar-refractivity contribution in [3.63, 3.8) is 0 Å². The van der Waals surface area contributed by atoms with Crippen LogP contribution < -0.4 is 10.3 Å². The molecule has 3 aromatic rings. The number of carbonyl (C=O) groups excluding carboxylic acids is 1. The van der Waals surface area contributed by atoms with E-state index in [-0.39, 0.29) is 17.4 Å². The second-order valence-electron chi connectivity index (χ2n) is 8.12. The number of ketones is 1. The average molecular weight is 471 g/mol. The van der Waals surface area contributed by atoms with Crippen LogP contribution in [0, 0.1) is 0 Å². The number of hydrogen-bond donors (Lipinski definition) is 0. The summed E-state index contributed by atoms with van der Waals surface area (Å²) in [5.74, 6) is 1.30. The van der Waals surface area contributed by atoms with Gasteiger partial charge in [0.2, 0.25) is 0 Å². The lowest BCUT2D eigenvalue weighted by Crippen LogP contribution is -2.29. The maximum atomic E-state index is 13.5. The molecular weight excluding hydrogens is 444 g/mol. The number of aromatic nitrogens is 2. The lowest BCUT2D eigenvalue weighted by molar-refractivity contribution is 0.101. The van der Waals surface area contributed by atoms with Crippen molar-refractivity contribution in [2.45, 2.75) is 62.9 Å². The summed E-state index contributed by atoms with van der Waals surface area (Å²) in [6, 6.07) is 10.9. The minimum atomic E-state index is -0.0106. The molecule has 1 heterocycles. The molecule has 0 unspecified atom stereocenters. The summed E-state index contributed by atoms with van der Waals surface area (Å²) in [7, 11) is 0. The first-order chi connectivity index (χ1) is 15.5. The first-order valence-electron chi connectivity index (χ1n) is 11.1. The lowest BCUT2D eigenvalue weighted by Gasteiger charge is -2.26. The van der Waals surface area contributed by atoms with Crippen molar-refractivity contribution in [3.05, 3.63) is 62.9 Å². The van der Waals surface area contributed by atoms with Gasteiger partial charge in [0.15, 0.2) is 10.9 Å². The van der Waals surface area contributed by atoms with Crippen molar-refractivity contribution in [2.75, 3.05) is 6.61 Å². The summed E-state index contributed by atoms with van der Waals surface area (Å²) in [6.45, 7) is 4.03. The maximum Gasteiger partial charge on any atom is 0.262 e. The smallest absolute Gasteiger partial charge is 0.262 e. The Labute approximate surface area is 197 Å². The number of thioether (sulfide) groups is 1. The van der Waals surface area contributed by atoms with Crippen molar-refractivity contribution in [1.29, 1.82) is 0 Å². The van der Waals surface area contributed by atoms with Gasteiger partial charge in [-0.2, -0.15) is 0 Å². The fourth-order valence-electron chi connectivity index (χ4n) is 4.26. The predicted octanol–water partition coefficient (Wildman–Crippen LogP) is 6.45. The number of halogens is 1. The molecule has 2 aromatic carbocycles. The van der Waals surface area contributed by atoms with E-state index in [1.807, 2.05) is 23.6 Å². The third-order valence-corrected chi connectivity index (χ3v) is 7.13. The molecule has 0 N–H and O–H groups in total. The van der Waals surface area contributed by atoms with Crippen molar-refractivity contribution < 1.29 is 9.53 Å². The van der Waals surface area contributed by atoms with E-state index in [1.54, 1.807) is 31.2 Å². The average Bonchev–Trinajstić information content (AvgIpc) is 2.79. The molecular formula is C25H27ClN2O3S. The first-order valence-corrected chi connectivity index (χ1v) is 12.5. The third kappa shape index (κ3) is 4.86. The third-order valence-electron chi connectivity index (χ3n) is 5.89. The van der Waals surface area contributed by atoms with Gasteiger partial charge < -0.3 is 4.74 Å². The molecule has 0 aliphatic heterocycles. The van der Waals surface area contributed by atoms with E-state index in [0.717, 1.165) is 37.0 Å². The fraction of sp³-hybridized carbons (Fsp3) is 0.400. The zero-order valence-corrected chi connectivity index (χ0v) is 20.0. The topological polar surface area (TPSA) is 61.2 Å². The van der Waals surface area contributed by atoms with E-state index >= 15 is 0 Å². The zero-order chi connectivity index (χ0) is 22.7. The monoisotopic (exact) mass is 470 g/mol. The van der Waals surface area contributed by atoms with Crippen LogP contribution in [0.25, 0.3) is 10.9 Å². The zero-order valence-electron chi connectivity index (χ0n) is 18.4. The Bertz CT molecular complexity index is 1200. The van der Waals surface area contributed by atoms with Gasteiger partial charge in [0, 0.05) is 27.9 Å². The molecule has 0 spiro atoms. The molecule has 1 aromatic heterocycles. The van der Waals surface area contributed by atoms with Gasteiger partial charge in [0.1, 0.15) is 5.75 Å². The van der Waals surface area contributed by atoms with Gasteiger partial charge in [0.05, 0.1) is 17.5 Å². The van der Waals surface area contributed by atoms with Crippen LogP contribution >= 0.6 is 23.4 Å². The Morgan fingerprint density at radius 2 is 1.97 bits per heavy atom. The molecule has 1 saturated carbocycles. The quantitative estimate of drug-likeness (QED) is 0.225. The van der Waals surface area contributed by atoms with E-state index in [2.05, 4.69) is 0 Å². The van der Waals surface area contributed by atoms with Gasteiger partial charge in [-0.15, -0.1) is 0 Å². The number of benzene rings is 2. The molecule has 0 atom stereocenters. The number of ether oxygens (including phenoxy) is 1. The minimum Gasteiger partial charge on any atom is -0.494 e. The van der Waals surface area contributed by atoms with Gasteiger partial charge in [-0.3, -0.25) is 14.2 Å². The summed E-state index contributed by atoms with van der Waals surface area (Å²) < 4.78 is 7.67. The standard InChI is InChI=1S/C25H27ClN2O3S/c1-3-31-23-12-9-17(16(2)29)13-18(23)15-32-25-27-22-14-19(26)10-11-21(22)24(30)28(25)20-7-5-4-6-8-20/h9-14,20H,3-8,15H2,1-2H3. The number of Topliss-reactive ketones (excluding diaryl/α,β-unsaturated/α-hetero) is 1. The number of nitrogens with zero attached hydrogens (tertiary/aromatic N) is 2. The minimum absolute atomic E-state index is 0.0106. The van der Waals surface area contributed by atoms with Crippen LogP contribution in [-0.2, 0) is 5.75 Å². The molecule has 7 heteroatoms. The van der Waals surface area contributed by atoms with Crippen LogP contribution in [0.4, 0.5) is 0 Å². The van der Waals surface area contributed by atoms with Crippen LogP contribution in [0.1, 0.15) is 67.9 Å². The highest BCUT2D eigenvalue weighted by molar-refractivity contribution is 7.98. The molecule has 0 saturated heterocycles. The van der Waals surface area contributed by atoms with E-state index in [4.69, 9.17) is 21.3 Å².